The van der Waals surface area contributed by atoms with Crippen LogP contribution in [-0.2, 0) is 4.74 Å². The maximum absolute atomic E-state index is 8.51. The van der Waals surface area contributed by atoms with Crippen molar-refractivity contribution in [1.29, 1.82) is 0 Å². The number of aliphatic hydroxyl groups excluding tert-OH is 1. The zero-order valence-corrected chi connectivity index (χ0v) is 10.5. The van der Waals surface area contributed by atoms with E-state index in [1.807, 2.05) is 0 Å². The molecule has 96 valence electrons. The zero-order valence-electron chi connectivity index (χ0n) is 10.5. The van der Waals surface area contributed by atoms with Crippen LogP contribution in [0.1, 0.15) is 19.3 Å². The highest BCUT2D eigenvalue weighted by atomic mass is 16.5. The van der Waals surface area contributed by atoms with Crippen molar-refractivity contribution in [3.05, 3.63) is 0 Å². The van der Waals surface area contributed by atoms with Crippen molar-refractivity contribution in [2.24, 2.45) is 5.92 Å². The van der Waals surface area contributed by atoms with E-state index in [1.54, 1.807) is 0 Å². The lowest BCUT2D eigenvalue weighted by Gasteiger charge is -2.28. The molecule has 0 atom stereocenters. The first-order valence-corrected chi connectivity index (χ1v) is 6.41. The highest BCUT2D eigenvalue weighted by Crippen LogP contribution is 2.18. The van der Waals surface area contributed by atoms with Gasteiger partial charge in [0.25, 0.3) is 0 Å². The van der Waals surface area contributed by atoms with Gasteiger partial charge in [-0.2, -0.15) is 0 Å². The summed E-state index contributed by atoms with van der Waals surface area (Å²) in [5.74, 6) is 0.905. The van der Waals surface area contributed by atoms with Gasteiger partial charge in [0.1, 0.15) is 0 Å². The number of nitrogens with zero attached hydrogens (tertiary/aromatic N) is 1. The molecule has 1 heterocycles. The molecule has 0 unspecified atom stereocenters. The Balaban J connectivity index is 1.84. The molecule has 0 saturated carbocycles. The van der Waals surface area contributed by atoms with Gasteiger partial charge >= 0.3 is 0 Å². The van der Waals surface area contributed by atoms with Crippen LogP contribution >= 0.6 is 0 Å². The van der Waals surface area contributed by atoms with Gasteiger partial charge in [-0.05, 0) is 51.9 Å². The Morgan fingerprint density at radius 3 is 2.69 bits per heavy atom. The van der Waals surface area contributed by atoms with Gasteiger partial charge in [-0.25, -0.2) is 0 Å². The van der Waals surface area contributed by atoms with Gasteiger partial charge in [-0.15, -0.1) is 0 Å². The van der Waals surface area contributed by atoms with Crippen molar-refractivity contribution in [3.63, 3.8) is 0 Å². The molecule has 0 aliphatic carbocycles. The van der Waals surface area contributed by atoms with Crippen molar-refractivity contribution < 1.29 is 9.84 Å². The summed E-state index contributed by atoms with van der Waals surface area (Å²) in [6.45, 7) is 5.78. The van der Waals surface area contributed by atoms with Gasteiger partial charge in [-0.3, -0.25) is 0 Å². The summed E-state index contributed by atoms with van der Waals surface area (Å²) < 4.78 is 5.17. The maximum atomic E-state index is 8.51. The van der Waals surface area contributed by atoms with Crippen LogP contribution in [0.25, 0.3) is 0 Å². The van der Waals surface area contributed by atoms with Crippen LogP contribution in [0.5, 0.6) is 0 Å². The van der Waals surface area contributed by atoms with E-state index in [0.717, 1.165) is 19.0 Å². The summed E-state index contributed by atoms with van der Waals surface area (Å²) in [5.41, 5.74) is 0. The van der Waals surface area contributed by atoms with Gasteiger partial charge in [0.15, 0.2) is 0 Å². The molecule has 0 radical (unpaired) electrons. The Morgan fingerprint density at radius 2 is 2.00 bits per heavy atom. The topological polar surface area (TPSA) is 44.7 Å². The Hall–Kier alpha value is -0.160. The molecule has 4 nitrogen and oxygen atoms in total. The van der Waals surface area contributed by atoms with Crippen LogP contribution < -0.4 is 5.32 Å². The second kappa shape index (κ2) is 8.93. The molecule has 1 aliphatic rings. The van der Waals surface area contributed by atoms with Gasteiger partial charge < -0.3 is 20.1 Å². The highest BCUT2D eigenvalue weighted by Gasteiger charge is 2.15. The minimum absolute atomic E-state index is 0.121. The lowest BCUT2D eigenvalue weighted by Crippen LogP contribution is -2.32. The van der Waals surface area contributed by atoms with E-state index in [9.17, 15) is 0 Å². The molecule has 1 rings (SSSR count). The third kappa shape index (κ3) is 6.43. The third-order valence-electron chi connectivity index (χ3n) is 3.23. The quantitative estimate of drug-likeness (QED) is 0.589. The smallest absolute Gasteiger partial charge is 0.0698 e. The first-order valence-electron chi connectivity index (χ1n) is 6.41. The molecule has 1 fully saturated rings. The van der Waals surface area contributed by atoms with E-state index in [2.05, 4.69) is 17.3 Å². The predicted molar refractivity (Wildman–Crippen MR) is 65.6 cm³/mol. The summed E-state index contributed by atoms with van der Waals surface area (Å²) in [5, 5.41) is 11.9. The summed E-state index contributed by atoms with van der Waals surface area (Å²) in [7, 11) is 2.20. The van der Waals surface area contributed by atoms with Crippen molar-refractivity contribution >= 4 is 0 Å². The van der Waals surface area contributed by atoms with Crippen molar-refractivity contribution in [2.45, 2.75) is 19.3 Å². The summed E-state index contributed by atoms with van der Waals surface area (Å²) >= 11 is 0. The van der Waals surface area contributed by atoms with Crippen LogP contribution in [0.3, 0.4) is 0 Å². The maximum Gasteiger partial charge on any atom is 0.0698 e. The second-order valence-electron chi connectivity index (χ2n) is 4.62. The van der Waals surface area contributed by atoms with E-state index >= 15 is 0 Å². The number of piperidine rings is 1. The lowest BCUT2D eigenvalue weighted by molar-refractivity contribution is 0.0936. The van der Waals surface area contributed by atoms with E-state index < -0.39 is 0 Å². The molecule has 0 aromatic rings. The van der Waals surface area contributed by atoms with Gasteiger partial charge in [0.05, 0.1) is 19.8 Å². The van der Waals surface area contributed by atoms with Gasteiger partial charge in [0.2, 0.25) is 0 Å². The zero-order chi connectivity index (χ0) is 11.6. The predicted octanol–water partition coefficient (Wildman–Crippen LogP) is 0.317. The molecule has 2 N–H and O–H groups in total. The second-order valence-corrected chi connectivity index (χ2v) is 4.62. The van der Waals surface area contributed by atoms with E-state index in [4.69, 9.17) is 9.84 Å². The summed E-state index contributed by atoms with van der Waals surface area (Å²) in [6.07, 6.45) is 3.98. The van der Waals surface area contributed by atoms with Crippen molar-refractivity contribution in [2.75, 3.05) is 53.0 Å². The number of nitrogens with one attached hydrogen (secondary N) is 1. The van der Waals surface area contributed by atoms with Crippen LogP contribution in [-0.4, -0.2) is 63.1 Å². The van der Waals surface area contributed by atoms with Crippen LogP contribution in [0.2, 0.25) is 0 Å². The number of likely N-dealkylation sites (tertiary alicyclic amines) is 1. The molecule has 16 heavy (non-hydrogen) atoms. The molecule has 0 amide bonds. The number of rotatable bonds is 8. The number of hydrogen-bond acceptors (Lipinski definition) is 4. The highest BCUT2D eigenvalue weighted by molar-refractivity contribution is 4.70. The standard InChI is InChI=1S/C12H26N2O2/c1-14-7-3-12(4-8-14)2-5-13-6-10-16-11-9-15/h12-13,15H,2-11H2,1H3. The molecular formula is C12H26N2O2. The molecule has 1 aliphatic heterocycles. The average Bonchev–Trinajstić information content (AvgIpc) is 2.30. The van der Waals surface area contributed by atoms with Crippen molar-refractivity contribution in [1.82, 2.24) is 10.2 Å². The molecule has 0 bridgehead atoms. The van der Waals surface area contributed by atoms with E-state index in [1.165, 1.54) is 32.4 Å². The summed E-state index contributed by atoms with van der Waals surface area (Å²) in [6, 6.07) is 0. The Labute approximate surface area is 99.0 Å². The van der Waals surface area contributed by atoms with Gasteiger partial charge in [0, 0.05) is 6.54 Å². The monoisotopic (exact) mass is 230 g/mol. The average molecular weight is 230 g/mol. The minimum Gasteiger partial charge on any atom is -0.394 e. The molecule has 0 spiro atoms. The first kappa shape index (κ1) is 13.9. The third-order valence-corrected chi connectivity index (χ3v) is 3.23. The molecule has 0 aromatic heterocycles. The Bertz CT molecular complexity index is 159. The lowest BCUT2D eigenvalue weighted by atomic mass is 9.94. The SMILES string of the molecule is CN1CCC(CCNCCOCCO)CC1. The first-order chi connectivity index (χ1) is 7.83. The Kier molecular flexibility index (Phi) is 7.76. The molecule has 4 heteroatoms. The molecule has 0 aromatic carbocycles. The Morgan fingerprint density at radius 1 is 1.25 bits per heavy atom. The minimum atomic E-state index is 0.121. The van der Waals surface area contributed by atoms with E-state index in [-0.39, 0.29) is 6.61 Å². The normalized spacial score (nSPS) is 19.1. The largest absolute Gasteiger partial charge is 0.394 e. The van der Waals surface area contributed by atoms with Crippen LogP contribution in [0.15, 0.2) is 0 Å². The number of hydrogen-bond donors (Lipinski definition) is 2. The fraction of sp³-hybridized carbons (Fsp3) is 1.00. The molecule has 1 saturated heterocycles. The van der Waals surface area contributed by atoms with E-state index in [0.29, 0.717) is 13.2 Å². The van der Waals surface area contributed by atoms with Gasteiger partial charge in [-0.1, -0.05) is 0 Å². The number of aliphatic hydroxyl groups is 1. The van der Waals surface area contributed by atoms with Crippen molar-refractivity contribution in [3.8, 4) is 0 Å². The fourth-order valence-electron chi connectivity index (χ4n) is 2.09. The van der Waals surface area contributed by atoms with Crippen LogP contribution in [0.4, 0.5) is 0 Å². The molecular weight excluding hydrogens is 204 g/mol. The summed E-state index contributed by atoms with van der Waals surface area (Å²) in [4.78, 5) is 2.41. The van der Waals surface area contributed by atoms with Crippen LogP contribution in [0, 0.1) is 5.92 Å². The fourth-order valence-corrected chi connectivity index (χ4v) is 2.09. The number of ether oxygens (including phenoxy) is 1.